The Balaban J connectivity index is 2.48. The summed E-state index contributed by atoms with van der Waals surface area (Å²) < 4.78 is 0. The van der Waals surface area contributed by atoms with E-state index in [0.717, 1.165) is 18.0 Å². The summed E-state index contributed by atoms with van der Waals surface area (Å²) in [6.45, 7) is 3.14. The summed E-state index contributed by atoms with van der Waals surface area (Å²) in [6, 6.07) is 6.59. The van der Waals surface area contributed by atoms with Crippen LogP contribution in [0.1, 0.15) is 30.5 Å². The van der Waals surface area contributed by atoms with Crippen LogP contribution in [0.15, 0.2) is 18.2 Å². The fourth-order valence-corrected chi connectivity index (χ4v) is 2.14. The van der Waals surface area contributed by atoms with Gasteiger partial charge in [-0.1, -0.05) is 30.7 Å². The molecule has 0 saturated carbocycles. The lowest BCUT2D eigenvalue weighted by Gasteiger charge is -2.09. The second-order valence-corrected chi connectivity index (χ2v) is 3.56. The minimum Gasteiger partial charge on any atom is -0.306 e. The molecule has 1 heterocycles. The number of hydrogen-bond donors (Lipinski definition) is 1. The molecule has 1 nitrogen and oxygen atoms in total. The molecule has 0 aliphatic carbocycles. The molecule has 1 aliphatic rings. The number of rotatable bonds is 1. The fourth-order valence-electron chi connectivity index (χ4n) is 1.81. The average Bonchev–Trinajstić information content (AvgIpc) is 2.49. The van der Waals surface area contributed by atoms with Gasteiger partial charge in [0.15, 0.2) is 0 Å². The summed E-state index contributed by atoms with van der Waals surface area (Å²) >= 11 is 6.10. The van der Waals surface area contributed by atoms with Crippen molar-refractivity contribution in [1.82, 2.24) is 5.32 Å². The number of nitrogens with one attached hydrogen (secondary N) is 1. The van der Waals surface area contributed by atoms with Crippen LogP contribution in [0.25, 0.3) is 0 Å². The molecule has 64 valence electrons. The van der Waals surface area contributed by atoms with Crippen LogP contribution in [0.3, 0.4) is 0 Å². The summed E-state index contributed by atoms with van der Waals surface area (Å²) in [5, 5.41) is 4.33. The first-order chi connectivity index (χ1) is 5.83. The Morgan fingerprint density at radius 3 is 3.17 bits per heavy atom. The summed E-state index contributed by atoms with van der Waals surface area (Å²) in [6.07, 6.45) is 1.11. The van der Waals surface area contributed by atoms with Crippen LogP contribution in [0, 0.1) is 0 Å². The standard InChI is InChI=1S/C10H12ClN/c1-2-9-10-7(6-12-9)4-3-5-8(10)11/h3-5,9,12H,2,6H2,1H3. The predicted molar refractivity (Wildman–Crippen MR) is 51.3 cm³/mol. The molecule has 1 aliphatic heterocycles. The molecule has 0 fully saturated rings. The average molecular weight is 182 g/mol. The maximum absolute atomic E-state index is 6.10. The SMILES string of the molecule is CCC1NCc2cccc(Cl)c21. The molecule has 0 amide bonds. The first-order valence-corrected chi connectivity index (χ1v) is 4.71. The van der Waals surface area contributed by atoms with Gasteiger partial charge >= 0.3 is 0 Å². The molecule has 1 unspecified atom stereocenters. The van der Waals surface area contributed by atoms with Crippen molar-refractivity contribution in [1.29, 1.82) is 0 Å². The minimum atomic E-state index is 0.466. The zero-order valence-corrected chi connectivity index (χ0v) is 7.86. The van der Waals surface area contributed by atoms with Crippen LogP contribution in [-0.4, -0.2) is 0 Å². The molecule has 0 saturated heterocycles. The number of fused-ring (bicyclic) bond motifs is 1. The van der Waals surface area contributed by atoms with Crippen molar-refractivity contribution in [3.8, 4) is 0 Å². The number of halogens is 1. The maximum atomic E-state index is 6.10. The van der Waals surface area contributed by atoms with Crippen LogP contribution in [0.2, 0.25) is 5.02 Å². The van der Waals surface area contributed by atoms with Crippen LogP contribution >= 0.6 is 11.6 Å². The van der Waals surface area contributed by atoms with Gasteiger partial charge in [0.05, 0.1) is 0 Å². The Morgan fingerprint density at radius 2 is 2.42 bits per heavy atom. The molecule has 0 aromatic heterocycles. The van der Waals surface area contributed by atoms with E-state index < -0.39 is 0 Å². The smallest absolute Gasteiger partial charge is 0.0457 e. The zero-order chi connectivity index (χ0) is 8.55. The summed E-state index contributed by atoms with van der Waals surface area (Å²) in [4.78, 5) is 0. The van der Waals surface area contributed by atoms with Crippen LogP contribution in [0.5, 0.6) is 0 Å². The molecule has 12 heavy (non-hydrogen) atoms. The predicted octanol–water partition coefficient (Wildman–Crippen LogP) is 2.89. The van der Waals surface area contributed by atoms with E-state index >= 15 is 0 Å². The first kappa shape index (κ1) is 8.09. The zero-order valence-electron chi connectivity index (χ0n) is 7.10. The number of hydrogen-bond acceptors (Lipinski definition) is 1. The summed E-state index contributed by atoms with van der Waals surface area (Å²) in [5.74, 6) is 0. The third-order valence-corrected chi connectivity index (χ3v) is 2.77. The third-order valence-electron chi connectivity index (χ3n) is 2.44. The largest absolute Gasteiger partial charge is 0.306 e. The highest BCUT2D eigenvalue weighted by molar-refractivity contribution is 6.31. The quantitative estimate of drug-likeness (QED) is 0.703. The normalized spacial score (nSPS) is 21.0. The monoisotopic (exact) mass is 181 g/mol. The van der Waals surface area contributed by atoms with E-state index in [1.807, 2.05) is 12.1 Å². The van der Waals surface area contributed by atoms with Crippen molar-refractivity contribution >= 4 is 11.6 Å². The molecule has 2 rings (SSSR count). The maximum Gasteiger partial charge on any atom is 0.0457 e. The van der Waals surface area contributed by atoms with Crippen molar-refractivity contribution in [2.75, 3.05) is 0 Å². The Morgan fingerprint density at radius 1 is 1.58 bits per heavy atom. The molecular formula is C10H12ClN. The lowest BCUT2D eigenvalue weighted by atomic mass is 10.0. The Kier molecular flexibility index (Phi) is 2.07. The molecule has 2 heteroatoms. The molecule has 1 aromatic rings. The highest BCUT2D eigenvalue weighted by Crippen LogP contribution is 2.33. The highest BCUT2D eigenvalue weighted by Gasteiger charge is 2.21. The van der Waals surface area contributed by atoms with Crippen LogP contribution in [0.4, 0.5) is 0 Å². The molecule has 0 bridgehead atoms. The summed E-state index contributed by atoms with van der Waals surface area (Å²) in [7, 11) is 0. The lowest BCUT2D eigenvalue weighted by Crippen LogP contribution is -2.10. The van der Waals surface area contributed by atoms with E-state index in [4.69, 9.17) is 11.6 Å². The van der Waals surface area contributed by atoms with E-state index in [2.05, 4.69) is 18.3 Å². The van der Waals surface area contributed by atoms with E-state index in [0.29, 0.717) is 6.04 Å². The fraction of sp³-hybridized carbons (Fsp3) is 0.400. The van der Waals surface area contributed by atoms with Crippen molar-refractivity contribution in [3.05, 3.63) is 34.3 Å². The van der Waals surface area contributed by atoms with E-state index in [-0.39, 0.29) is 0 Å². The van der Waals surface area contributed by atoms with Gasteiger partial charge < -0.3 is 5.32 Å². The van der Waals surface area contributed by atoms with Gasteiger partial charge in [0.2, 0.25) is 0 Å². The van der Waals surface area contributed by atoms with Gasteiger partial charge in [-0.2, -0.15) is 0 Å². The van der Waals surface area contributed by atoms with Gasteiger partial charge in [0.1, 0.15) is 0 Å². The van der Waals surface area contributed by atoms with Gasteiger partial charge in [-0.3, -0.25) is 0 Å². The first-order valence-electron chi connectivity index (χ1n) is 4.33. The van der Waals surface area contributed by atoms with Crippen molar-refractivity contribution < 1.29 is 0 Å². The third kappa shape index (κ3) is 1.13. The summed E-state index contributed by atoms with van der Waals surface area (Å²) in [5.41, 5.74) is 2.66. The van der Waals surface area contributed by atoms with Gasteiger partial charge in [0, 0.05) is 17.6 Å². The molecule has 1 N–H and O–H groups in total. The Bertz CT molecular complexity index is 296. The van der Waals surface area contributed by atoms with Crippen molar-refractivity contribution in [2.45, 2.75) is 25.9 Å². The van der Waals surface area contributed by atoms with Crippen molar-refractivity contribution in [3.63, 3.8) is 0 Å². The topological polar surface area (TPSA) is 12.0 Å². The second kappa shape index (κ2) is 3.08. The van der Waals surface area contributed by atoms with Gasteiger partial charge in [0.25, 0.3) is 0 Å². The minimum absolute atomic E-state index is 0.466. The Labute approximate surface area is 77.7 Å². The van der Waals surface area contributed by atoms with Crippen molar-refractivity contribution in [2.24, 2.45) is 0 Å². The number of benzene rings is 1. The van der Waals surface area contributed by atoms with Gasteiger partial charge in [-0.25, -0.2) is 0 Å². The molecule has 0 radical (unpaired) electrons. The molecule has 0 spiro atoms. The van der Waals surface area contributed by atoms with Crippen LogP contribution < -0.4 is 5.32 Å². The second-order valence-electron chi connectivity index (χ2n) is 3.15. The molecule has 1 atom stereocenters. The van der Waals surface area contributed by atoms with E-state index in [1.54, 1.807) is 0 Å². The van der Waals surface area contributed by atoms with E-state index in [9.17, 15) is 0 Å². The lowest BCUT2D eigenvalue weighted by molar-refractivity contribution is 0.567. The highest BCUT2D eigenvalue weighted by atomic mass is 35.5. The Hall–Kier alpha value is -0.530. The molecular weight excluding hydrogens is 170 g/mol. The van der Waals surface area contributed by atoms with Crippen LogP contribution in [-0.2, 0) is 6.54 Å². The van der Waals surface area contributed by atoms with Gasteiger partial charge in [-0.05, 0) is 23.6 Å². The van der Waals surface area contributed by atoms with Gasteiger partial charge in [-0.15, -0.1) is 0 Å². The molecule has 1 aromatic carbocycles. The van der Waals surface area contributed by atoms with E-state index in [1.165, 1.54) is 11.1 Å².